The number of hydrogen-bond acceptors (Lipinski definition) is 6. The van der Waals surface area contributed by atoms with Crippen LogP contribution >= 0.6 is 34.5 Å². The molecule has 0 radical (unpaired) electrons. The normalized spacial score (nSPS) is 12.7. The van der Waals surface area contributed by atoms with Gasteiger partial charge in [0.25, 0.3) is 0 Å². The summed E-state index contributed by atoms with van der Waals surface area (Å²) in [4.78, 5) is 4.81. The van der Waals surface area contributed by atoms with E-state index >= 15 is 0 Å². The van der Waals surface area contributed by atoms with E-state index in [-0.39, 0.29) is 0 Å². The molecule has 32 heavy (non-hydrogen) atoms. The van der Waals surface area contributed by atoms with Crippen LogP contribution in [-0.4, -0.2) is 27.6 Å². The van der Waals surface area contributed by atoms with E-state index in [1.807, 2.05) is 59.2 Å². The fraction of sp³-hybridized carbons (Fsp3) is 0.174. The number of fused-ring (bicyclic) bond motifs is 3. The van der Waals surface area contributed by atoms with Gasteiger partial charge in [-0.2, -0.15) is 0 Å². The minimum Gasteiger partial charge on any atom is -0.497 e. The molecule has 3 heterocycles. The highest BCUT2D eigenvalue weighted by Gasteiger charge is 2.26. The van der Waals surface area contributed by atoms with Crippen molar-refractivity contribution in [2.75, 3.05) is 7.11 Å². The van der Waals surface area contributed by atoms with Crippen LogP contribution in [0.2, 0.25) is 9.36 Å². The smallest absolute Gasteiger partial charge is 0.164 e. The van der Waals surface area contributed by atoms with Gasteiger partial charge in [-0.05, 0) is 29.8 Å². The summed E-state index contributed by atoms with van der Waals surface area (Å²) in [6.07, 6.45) is 0. The van der Waals surface area contributed by atoms with Crippen LogP contribution < -0.4 is 4.74 Å². The van der Waals surface area contributed by atoms with Crippen molar-refractivity contribution in [1.29, 1.82) is 0 Å². The zero-order valence-corrected chi connectivity index (χ0v) is 19.4. The third-order valence-electron chi connectivity index (χ3n) is 5.10. The fourth-order valence-corrected chi connectivity index (χ4v) is 5.05. The number of rotatable bonds is 6. The first-order valence-electron chi connectivity index (χ1n) is 9.87. The van der Waals surface area contributed by atoms with Crippen LogP contribution in [0.15, 0.2) is 59.6 Å². The van der Waals surface area contributed by atoms with Gasteiger partial charge in [0.1, 0.15) is 23.9 Å². The zero-order valence-electron chi connectivity index (χ0n) is 17.1. The molecule has 1 aliphatic rings. The van der Waals surface area contributed by atoms with Crippen LogP contribution in [-0.2, 0) is 24.5 Å². The van der Waals surface area contributed by atoms with Crippen molar-refractivity contribution >= 4 is 40.3 Å². The zero-order chi connectivity index (χ0) is 22.1. The van der Waals surface area contributed by atoms with E-state index in [1.54, 1.807) is 7.11 Å². The molecule has 4 aromatic rings. The lowest BCUT2D eigenvalue weighted by Crippen LogP contribution is -2.08. The van der Waals surface area contributed by atoms with Gasteiger partial charge in [0.05, 0.1) is 23.8 Å². The number of hydrogen-bond donors (Lipinski definition) is 0. The monoisotopic (exact) mass is 484 g/mol. The fourth-order valence-electron chi connectivity index (χ4n) is 3.57. The van der Waals surface area contributed by atoms with Crippen molar-refractivity contribution in [2.45, 2.75) is 19.8 Å². The van der Waals surface area contributed by atoms with Crippen LogP contribution in [0.1, 0.15) is 28.3 Å². The minimum absolute atomic E-state index is 0.301. The molecule has 0 aliphatic carbocycles. The van der Waals surface area contributed by atoms with Crippen LogP contribution in [0.25, 0.3) is 5.00 Å². The second kappa shape index (κ2) is 9.03. The Kier molecular flexibility index (Phi) is 5.97. The van der Waals surface area contributed by atoms with E-state index in [9.17, 15) is 0 Å². The van der Waals surface area contributed by atoms with E-state index in [0.717, 1.165) is 39.0 Å². The lowest BCUT2D eigenvalue weighted by atomic mass is 10.0. The van der Waals surface area contributed by atoms with Gasteiger partial charge in [0.15, 0.2) is 11.6 Å². The highest BCUT2D eigenvalue weighted by atomic mass is 35.5. The van der Waals surface area contributed by atoms with E-state index in [4.69, 9.17) is 37.7 Å². The molecule has 0 fully saturated rings. The first-order valence-corrected chi connectivity index (χ1v) is 11.4. The van der Waals surface area contributed by atoms with Crippen molar-refractivity contribution in [3.05, 3.63) is 92.3 Å². The number of methoxy groups -OCH3 is 1. The summed E-state index contributed by atoms with van der Waals surface area (Å²) in [5.41, 5.74) is 3.61. The molecule has 9 heteroatoms. The van der Waals surface area contributed by atoms with Crippen LogP contribution in [0.5, 0.6) is 5.75 Å². The number of halogens is 2. The topological polar surface area (TPSA) is 61.5 Å². The van der Waals surface area contributed by atoms with Gasteiger partial charge in [-0.3, -0.25) is 9.56 Å². The lowest BCUT2D eigenvalue weighted by Gasteiger charge is -2.10. The average molecular weight is 485 g/mol. The number of thiophene rings is 1. The average Bonchev–Trinajstić information content (AvgIpc) is 3.34. The molecule has 6 nitrogen and oxygen atoms in total. The van der Waals surface area contributed by atoms with E-state index in [1.165, 1.54) is 11.3 Å². The second-order valence-corrected chi connectivity index (χ2v) is 9.19. The molecule has 0 atom stereocenters. The second-order valence-electron chi connectivity index (χ2n) is 7.12. The molecular formula is C23H18Cl2N4O2S. The summed E-state index contributed by atoms with van der Waals surface area (Å²) in [6.45, 7) is 1.13. The highest BCUT2D eigenvalue weighted by molar-refractivity contribution is 7.19. The number of nitrogens with zero attached hydrogens (tertiary/aromatic N) is 4. The lowest BCUT2D eigenvalue weighted by molar-refractivity contribution is 0.100. The van der Waals surface area contributed by atoms with Gasteiger partial charge in [-0.15, -0.1) is 21.5 Å². The van der Waals surface area contributed by atoms with E-state index in [2.05, 4.69) is 10.2 Å². The Balaban J connectivity index is 1.43. The highest BCUT2D eigenvalue weighted by Crippen LogP contribution is 2.36. The van der Waals surface area contributed by atoms with Gasteiger partial charge in [-0.1, -0.05) is 53.5 Å². The maximum absolute atomic E-state index is 6.47. The first-order chi connectivity index (χ1) is 15.6. The number of ether oxygens (including phenoxy) is 2. The van der Waals surface area contributed by atoms with Crippen LogP contribution in [0.4, 0.5) is 0 Å². The molecule has 0 saturated heterocycles. The summed E-state index contributed by atoms with van der Waals surface area (Å²) in [5, 5.41) is 10.3. The Labute approximate surface area is 199 Å². The predicted octanol–water partition coefficient (Wildman–Crippen LogP) is 5.71. The van der Waals surface area contributed by atoms with Crippen LogP contribution in [0, 0.1) is 0 Å². The minimum atomic E-state index is 0.301. The molecule has 5 rings (SSSR count). The number of aromatic nitrogens is 3. The quantitative estimate of drug-likeness (QED) is 0.351. The molecule has 0 N–H and O–H groups in total. The maximum Gasteiger partial charge on any atom is 0.164 e. The van der Waals surface area contributed by atoms with Crippen molar-refractivity contribution in [3.63, 3.8) is 0 Å². The Morgan fingerprint density at radius 3 is 2.59 bits per heavy atom. The summed E-state index contributed by atoms with van der Waals surface area (Å²) in [5.74, 6) is 2.24. The van der Waals surface area contributed by atoms with Gasteiger partial charge in [0.2, 0.25) is 0 Å². The van der Waals surface area contributed by atoms with E-state index in [0.29, 0.717) is 34.9 Å². The molecule has 0 saturated carbocycles. The van der Waals surface area contributed by atoms with Crippen LogP contribution in [0.3, 0.4) is 0 Å². The van der Waals surface area contributed by atoms with Crippen molar-refractivity contribution < 1.29 is 9.47 Å². The van der Waals surface area contributed by atoms with Crippen molar-refractivity contribution in [3.8, 4) is 10.8 Å². The van der Waals surface area contributed by atoms with Crippen molar-refractivity contribution in [1.82, 2.24) is 14.8 Å². The Bertz CT molecular complexity index is 1300. The third-order valence-corrected chi connectivity index (χ3v) is 6.68. The summed E-state index contributed by atoms with van der Waals surface area (Å²) in [7, 11) is 1.65. The Hall–Kier alpha value is -2.71. The standard InChI is InChI=1S/C23H18Cl2N4O2S/c1-30-15-8-6-14(7-9-15)12-31-13-21-28-27-20-11-26-22(16-4-2-3-5-18(16)24)17-10-19(25)32-23(17)29(20)21/h2-10H,11-13H2,1H3. The molecule has 0 unspecified atom stereocenters. The predicted molar refractivity (Wildman–Crippen MR) is 127 cm³/mol. The number of benzene rings is 2. The van der Waals surface area contributed by atoms with Gasteiger partial charge >= 0.3 is 0 Å². The van der Waals surface area contributed by atoms with Gasteiger partial charge in [-0.25, -0.2) is 0 Å². The third kappa shape index (κ3) is 4.04. The summed E-state index contributed by atoms with van der Waals surface area (Å²) < 4.78 is 13.8. The summed E-state index contributed by atoms with van der Waals surface area (Å²) in [6, 6.07) is 17.4. The Morgan fingerprint density at radius 2 is 1.81 bits per heavy atom. The molecular weight excluding hydrogens is 467 g/mol. The maximum atomic E-state index is 6.47. The summed E-state index contributed by atoms with van der Waals surface area (Å²) >= 11 is 14.4. The molecule has 2 aromatic heterocycles. The van der Waals surface area contributed by atoms with Gasteiger partial charge in [0, 0.05) is 16.1 Å². The van der Waals surface area contributed by atoms with Crippen molar-refractivity contribution in [2.24, 2.45) is 4.99 Å². The molecule has 0 amide bonds. The Morgan fingerprint density at radius 1 is 1.00 bits per heavy atom. The number of aliphatic imine (C=N–C) groups is 1. The molecule has 1 aliphatic heterocycles. The van der Waals surface area contributed by atoms with E-state index < -0.39 is 0 Å². The molecule has 162 valence electrons. The SMILES string of the molecule is COc1ccc(COCc2nnc3n2-c2sc(Cl)cc2C(c2ccccc2Cl)=NC3)cc1. The first kappa shape index (κ1) is 21.2. The largest absolute Gasteiger partial charge is 0.497 e. The molecule has 0 spiro atoms. The molecule has 2 aromatic carbocycles. The molecule has 0 bridgehead atoms. The van der Waals surface area contributed by atoms with Gasteiger partial charge < -0.3 is 9.47 Å².